The summed E-state index contributed by atoms with van der Waals surface area (Å²) < 4.78 is 28.7. The lowest BCUT2D eigenvalue weighted by atomic mass is 9.89. The van der Waals surface area contributed by atoms with E-state index in [1.807, 2.05) is 12.1 Å². The van der Waals surface area contributed by atoms with Gasteiger partial charge in [-0.1, -0.05) is 43.2 Å². The number of amides is 3. The summed E-state index contributed by atoms with van der Waals surface area (Å²) in [6.07, 6.45) is 4.05. The minimum Gasteiger partial charge on any atom is -0.343 e. The fourth-order valence-corrected chi connectivity index (χ4v) is 5.16. The number of para-hydroxylation sites is 1. The van der Waals surface area contributed by atoms with Gasteiger partial charge in [-0.15, -0.1) is 0 Å². The van der Waals surface area contributed by atoms with Crippen LogP contribution in [0.5, 0.6) is 0 Å². The molecular formula is C27H32F2N4O3. The summed E-state index contributed by atoms with van der Waals surface area (Å²) in [6, 6.07) is 8.21. The predicted octanol–water partition coefficient (Wildman–Crippen LogP) is 3.31. The Morgan fingerprint density at radius 3 is 2.33 bits per heavy atom. The summed E-state index contributed by atoms with van der Waals surface area (Å²) in [6.45, 7) is 1.95. The molecule has 1 fully saturated rings. The molecule has 1 aliphatic carbocycles. The molecule has 2 aliphatic rings. The molecule has 0 spiro atoms. The number of halogens is 2. The summed E-state index contributed by atoms with van der Waals surface area (Å²) in [5, 5.41) is 8.17. The number of hydrogen-bond donors (Lipinski definition) is 3. The lowest BCUT2D eigenvalue weighted by Gasteiger charge is -2.39. The molecule has 9 heteroatoms. The van der Waals surface area contributed by atoms with Gasteiger partial charge in [0.25, 0.3) is 5.91 Å². The Balaban J connectivity index is 1.68. The number of hydrogen-bond acceptors (Lipinski definition) is 4. The van der Waals surface area contributed by atoms with Crippen LogP contribution in [0.3, 0.4) is 0 Å². The van der Waals surface area contributed by atoms with Gasteiger partial charge in [-0.3, -0.25) is 14.4 Å². The summed E-state index contributed by atoms with van der Waals surface area (Å²) >= 11 is 0. The average molecular weight is 499 g/mol. The highest BCUT2D eigenvalue weighted by molar-refractivity contribution is 6.00. The molecule has 7 nitrogen and oxygen atoms in total. The van der Waals surface area contributed by atoms with Crippen LogP contribution in [-0.4, -0.2) is 48.3 Å². The van der Waals surface area contributed by atoms with Crippen molar-refractivity contribution >= 4 is 23.4 Å². The van der Waals surface area contributed by atoms with E-state index in [9.17, 15) is 23.2 Å². The second-order valence-electron chi connectivity index (χ2n) is 9.51. The number of anilines is 1. The van der Waals surface area contributed by atoms with Crippen LogP contribution in [0.25, 0.3) is 0 Å². The number of rotatable bonds is 7. The quantitative estimate of drug-likeness (QED) is 0.546. The molecule has 4 rings (SSSR count). The maximum absolute atomic E-state index is 14.3. The van der Waals surface area contributed by atoms with Crippen molar-refractivity contribution in [1.29, 1.82) is 0 Å². The normalized spacial score (nSPS) is 19.3. The number of fused-ring (bicyclic) bond motifs is 1. The Bertz CT molecular complexity index is 1120. The van der Waals surface area contributed by atoms with Crippen molar-refractivity contribution in [2.75, 3.05) is 18.9 Å². The molecule has 2 aromatic carbocycles. The van der Waals surface area contributed by atoms with Crippen LogP contribution >= 0.6 is 0 Å². The zero-order valence-electron chi connectivity index (χ0n) is 20.5. The summed E-state index contributed by atoms with van der Waals surface area (Å²) in [4.78, 5) is 41.7. The molecule has 0 bridgehead atoms. The van der Waals surface area contributed by atoms with Gasteiger partial charge in [-0.25, -0.2) is 8.78 Å². The minimum absolute atomic E-state index is 0.0459. The Hall–Kier alpha value is -3.33. The van der Waals surface area contributed by atoms with E-state index in [2.05, 4.69) is 16.0 Å². The number of carbonyl (C=O) groups is 3. The van der Waals surface area contributed by atoms with E-state index < -0.39 is 41.4 Å². The summed E-state index contributed by atoms with van der Waals surface area (Å²) in [7, 11) is 1.67. The van der Waals surface area contributed by atoms with Crippen molar-refractivity contribution < 1.29 is 23.2 Å². The maximum atomic E-state index is 14.3. The number of carbonyl (C=O) groups excluding carboxylic acids is 3. The number of nitrogens with one attached hydrogen (secondary N) is 3. The van der Waals surface area contributed by atoms with Crippen LogP contribution in [0.15, 0.2) is 42.5 Å². The van der Waals surface area contributed by atoms with Crippen LogP contribution in [0.1, 0.15) is 49.8 Å². The van der Waals surface area contributed by atoms with Crippen molar-refractivity contribution in [3.8, 4) is 0 Å². The third kappa shape index (κ3) is 5.26. The van der Waals surface area contributed by atoms with Crippen molar-refractivity contribution in [3.05, 3.63) is 65.2 Å². The predicted molar refractivity (Wildman–Crippen MR) is 132 cm³/mol. The molecule has 36 heavy (non-hydrogen) atoms. The Kier molecular flexibility index (Phi) is 7.98. The monoisotopic (exact) mass is 498 g/mol. The molecule has 0 radical (unpaired) electrons. The lowest BCUT2D eigenvalue weighted by Crippen LogP contribution is -2.57. The van der Waals surface area contributed by atoms with Gasteiger partial charge < -0.3 is 20.9 Å². The molecule has 1 heterocycles. The SMILES string of the molecule is CNC(C)C(=O)NC(C(=O)N1CCc2ccccc2C1C(=O)Nc1c(F)cccc1F)C1CCCC1. The van der Waals surface area contributed by atoms with Gasteiger partial charge >= 0.3 is 0 Å². The first-order valence-corrected chi connectivity index (χ1v) is 12.4. The number of nitrogens with zero attached hydrogens (tertiary/aromatic N) is 1. The van der Waals surface area contributed by atoms with Gasteiger partial charge in [-0.2, -0.15) is 0 Å². The zero-order chi connectivity index (χ0) is 25.8. The van der Waals surface area contributed by atoms with E-state index >= 15 is 0 Å². The summed E-state index contributed by atoms with van der Waals surface area (Å²) in [5.41, 5.74) is 0.939. The van der Waals surface area contributed by atoms with E-state index in [0.717, 1.165) is 43.4 Å². The van der Waals surface area contributed by atoms with Crippen molar-refractivity contribution in [3.63, 3.8) is 0 Å². The Morgan fingerprint density at radius 2 is 1.67 bits per heavy atom. The molecule has 3 atom stereocenters. The third-order valence-electron chi connectivity index (χ3n) is 7.29. The first-order chi connectivity index (χ1) is 17.3. The van der Waals surface area contributed by atoms with Crippen LogP contribution in [0, 0.1) is 17.6 Å². The van der Waals surface area contributed by atoms with Crippen LogP contribution < -0.4 is 16.0 Å². The zero-order valence-corrected chi connectivity index (χ0v) is 20.5. The fourth-order valence-electron chi connectivity index (χ4n) is 5.16. The van der Waals surface area contributed by atoms with Crippen LogP contribution in [-0.2, 0) is 20.8 Å². The van der Waals surface area contributed by atoms with Gasteiger partial charge in [0, 0.05) is 6.54 Å². The van der Waals surface area contributed by atoms with Crippen molar-refractivity contribution in [2.24, 2.45) is 5.92 Å². The van der Waals surface area contributed by atoms with Crippen LogP contribution in [0.2, 0.25) is 0 Å². The highest BCUT2D eigenvalue weighted by Gasteiger charge is 2.42. The van der Waals surface area contributed by atoms with Gasteiger partial charge in [0.05, 0.1) is 6.04 Å². The molecule has 3 amide bonds. The topological polar surface area (TPSA) is 90.5 Å². The highest BCUT2D eigenvalue weighted by Crippen LogP contribution is 2.35. The van der Waals surface area contributed by atoms with E-state index in [0.29, 0.717) is 12.0 Å². The van der Waals surface area contributed by atoms with Crippen molar-refractivity contribution in [1.82, 2.24) is 15.5 Å². The van der Waals surface area contributed by atoms with E-state index in [4.69, 9.17) is 0 Å². The molecule has 192 valence electrons. The summed E-state index contributed by atoms with van der Waals surface area (Å²) in [5.74, 6) is -3.21. The Morgan fingerprint density at radius 1 is 1.00 bits per heavy atom. The van der Waals surface area contributed by atoms with E-state index in [-0.39, 0.29) is 24.3 Å². The van der Waals surface area contributed by atoms with Crippen molar-refractivity contribution in [2.45, 2.75) is 57.2 Å². The van der Waals surface area contributed by atoms with Crippen LogP contribution in [0.4, 0.5) is 14.5 Å². The fraction of sp³-hybridized carbons (Fsp3) is 0.444. The third-order valence-corrected chi connectivity index (χ3v) is 7.29. The molecule has 3 unspecified atom stereocenters. The number of likely N-dealkylation sites (N-methyl/N-ethyl adjacent to an activating group) is 1. The van der Waals surface area contributed by atoms with Gasteiger partial charge in [-0.05, 0) is 62.4 Å². The largest absolute Gasteiger partial charge is 0.343 e. The maximum Gasteiger partial charge on any atom is 0.251 e. The molecule has 1 saturated carbocycles. The Labute approximate surface area is 209 Å². The molecule has 0 aromatic heterocycles. The lowest BCUT2D eigenvalue weighted by molar-refractivity contribution is -0.144. The first-order valence-electron chi connectivity index (χ1n) is 12.4. The molecule has 3 N–H and O–H groups in total. The van der Waals surface area contributed by atoms with Gasteiger partial charge in [0.1, 0.15) is 29.4 Å². The minimum atomic E-state index is -1.09. The van der Waals surface area contributed by atoms with Gasteiger partial charge in [0.15, 0.2) is 0 Å². The first kappa shape index (κ1) is 25.8. The second kappa shape index (κ2) is 11.2. The molecule has 2 aromatic rings. The molecular weight excluding hydrogens is 466 g/mol. The average Bonchev–Trinajstić information content (AvgIpc) is 3.42. The number of benzene rings is 2. The standard InChI is InChI=1S/C27H32F2N4O3/c1-16(30-2)25(34)31-22(18-9-3-4-10-18)27(36)33-15-14-17-8-5-6-11-19(17)24(33)26(35)32-23-20(28)12-7-13-21(23)29/h5-8,11-13,16,18,22,24,30H,3-4,9-10,14-15H2,1-2H3,(H,31,34)(H,32,35). The molecule has 1 aliphatic heterocycles. The smallest absolute Gasteiger partial charge is 0.251 e. The van der Waals surface area contributed by atoms with E-state index in [1.165, 1.54) is 11.0 Å². The van der Waals surface area contributed by atoms with Gasteiger partial charge in [0.2, 0.25) is 11.8 Å². The van der Waals surface area contributed by atoms with E-state index in [1.54, 1.807) is 26.1 Å². The molecule has 0 saturated heterocycles. The highest BCUT2D eigenvalue weighted by atomic mass is 19.1. The second-order valence-corrected chi connectivity index (χ2v) is 9.51.